The summed E-state index contributed by atoms with van der Waals surface area (Å²) in [6, 6.07) is 0.715. The van der Waals surface area contributed by atoms with Gasteiger partial charge in [0.15, 0.2) is 0 Å². The molecule has 0 saturated carbocycles. The number of hydrogen-bond acceptors (Lipinski definition) is 6. The number of thioether (sulfide) groups is 1. The van der Waals surface area contributed by atoms with Crippen molar-refractivity contribution < 1.29 is 9.53 Å². The third-order valence-electron chi connectivity index (χ3n) is 6.10. The second-order valence-electron chi connectivity index (χ2n) is 7.73. The Hall–Kier alpha value is -1.18. The minimum Gasteiger partial charge on any atom is -0.372 e. The molecule has 1 atom stereocenters. The monoisotopic (exact) mass is 376 g/mol. The fourth-order valence-corrected chi connectivity index (χ4v) is 5.73. The molecule has 3 saturated heterocycles. The van der Waals surface area contributed by atoms with Gasteiger partial charge in [0.1, 0.15) is 6.33 Å². The van der Waals surface area contributed by atoms with Crippen LogP contribution in [-0.2, 0) is 4.74 Å². The zero-order chi connectivity index (χ0) is 18.1. The molecule has 3 aliphatic heterocycles. The van der Waals surface area contributed by atoms with Gasteiger partial charge in [-0.1, -0.05) is 0 Å². The molecule has 0 N–H and O–H groups in total. The smallest absolute Gasteiger partial charge is 0.257 e. The van der Waals surface area contributed by atoms with Gasteiger partial charge < -0.3 is 9.64 Å². The number of likely N-dealkylation sites (tertiary alicyclic amines) is 1. The van der Waals surface area contributed by atoms with Gasteiger partial charge in [0.05, 0.1) is 29.2 Å². The molecule has 4 heterocycles. The number of nitrogens with zero attached hydrogens (tertiary/aromatic N) is 4. The Morgan fingerprint density at radius 2 is 1.96 bits per heavy atom. The van der Waals surface area contributed by atoms with Crippen LogP contribution >= 0.6 is 11.8 Å². The van der Waals surface area contributed by atoms with Crippen molar-refractivity contribution in [3.8, 4) is 0 Å². The lowest BCUT2D eigenvalue weighted by Gasteiger charge is -2.48. The number of aryl methyl sites for hydroxylation is 2. The summed E-state index contributed by atoms with van der Waals surface area (Å²) in [7, 11) is 0. The van der Waals surface area contributed by atoms with E-state index in [2.05, 4.69) is 26.6 Å². The van der Waals surface area contributed by atoms with Crippen LogP contribution in [-0.4, -0.2) is 81.6 Å². The summed E-state index contributed by atoms with van der Waals surface area (Å²) in [6.45, 7) is 8.16. The molecule has 3 fully saturated rings. The molecule has 0 aliphatic carbocycles. The molecule has 142 valence electrons. The molecule has 6 nitrogen and oxygen atoms in total. The quantitative estimate of drug-likeness (QED) is 0.786. The topological polar surface area (TPSA) is 58.6 Å². The number of ether oxygens (including phenoxy) is 1. The first kappa shape index (κ1) is 18.2. The highest BCUT2D eigenvalue weighted by atomic mass is 32.2. The first-order valence-corrected chi connectivity index (χ1v) is 10.8. The van der Waals surface area contributed by atoms with Crippen LogP contribution in [0.5, 0.6) is 0 Å². The highest BCUT2D eigenvalue weighted by molar-refractivity contribution is 7.99. The van der Waals surface area contributed by atoms with Gasteiger partial charge in [-0.2, -0.15) is 11.8 Å². The third-order valence-corrected chi connectivity index (χ3v) is 7.25. The highest BCUT2D eigenvalue weighted by Crippen LogP contribution is 2.34. The molecule has 7 heteroatoms. The average molecular weight is 377 g/mol. The molecule has 3 aliphatic rings. The first-order valence-electron chi connectivity index (χ1n) is 9.61. The summed E-state index contributed by atoms with van der Waals surface area (Å²) in [5.74, 6) is 2.61. The zero-order valence-electron chi connectivity index (χ0n) is 15.7. The van der Waals surface area contributed by atoms with Crippen LogP contribution in [0.1, 0.15) is 41.0 Å². The number of morpholine rings is 1. The molecule has 0 bridgehead atoms. The van der Waals surface area contributed by atoms with Crippen molar-refractivity contribution >= 4 is 17.7 Å². The summed E-state index contributed by atoms with van der Waals surface area (Å²) < 4.78 is 6.27. The van der Waals surface area contributed by atoms with E-state index in [4.69, 9.17) is 4.74 Å². The number of aromatic nitrogens is 2. The molecule has 0 aromatic carbocycles. The number of rotatable bonds is 2. The van der Waals surface area contributed by atoms with Crippen molar-refractivity contribution in [1.29, 1.82) is 0 Å². The van der Waals surface area contributed by atoms with E-state index < -0.39 is 0 Å². The van der Waals surface area contributed by atoms with Gasteiger partial charge in [0, 0.05) is 38.0 Å². The lowest BCUT2D eigenvalue weighted by molar-refractivity contribution is -0.138. The zero-order valence-corrected chi connectivity index (χ0v) is 16.6. The van der Waals surface area contributed by atoms with Gasteiger partial charge in [-0.3, -0.25) is 9.69 Å². The Morgan fingerprint density at radius 3 is 2.62 bits per heavy atom. The Kier molecular flexibility index (Phi) is 5.21. The van der Waals surface area contributed by atoms with Crippen molar-refractivity contribution in [1.82, 2.24) is 19.8 Å². The Morgan fingerprint density at radius 1 is 1.23 bits per heavy atom. The van der Waals surface area contributed by atoms with E-state index in [0.717, 1.165) is 57.0 Å². The van der Waals surface area contributed by atoms with E-state index >= 15 is 0 Å². The number of hydrogen-bond donors (Lipinski definition) is 0. The summed E-state index contributed by atoms with van der Waals surface area (Å²) in [4.78, 5) is 26.0. The SMILES string of the molecule is Cc1ncnc(C)c1C(=O)N1CCC2(CC1)CN(C1CCSC1)CCO2. The van der Waals surface area contributed by atoms with E-state index in [0.29, 0.717) is 11.6 Å². The van der Waals surface area contributed by atoms with E-state index in [1.165, 1.54) is 24.3 Å². The van der Waals surface area contributed by atoms with Crippen LogP contribution in [0.2, 0.25) is 0 Å². The van der Waals surface area contributed by atoms with Crippen molar-refractivity contribution in [2.24, 2.45) is 0 Å². The van der Waals surface area contributed by atoms with Crippen LogP contribution in [0, 0.1) is 13.8 Å². The normalized spacial score (nSPS) is 26.4. The van der Waals surface area contributed by atoms with Gasteiger partial charge in [-0.05, 0) is 38.9 Å². The number of amides is 1. The van der Waals surface area contributed by atoms with Crippen LogP contribution in [0.3, 0.4) is 0 Å². The fraction of sp³-hybridized carbons (Fsp3) is 0.737. The van der Waals surface area contributed by atoms with Crippen molar-refractivity contribution in [2.75, 3.05) is 44.3 Å². The lowest BCUT2D eigenvalue weighted by Crippen LogP contribution is -2.59. The molecule has 1 aromatic heterocycles. The van der Waals surface area contributed by atoms with Gasteiger partial charge in [-0.15, -0.1) is 0 Å². The van der Waals surface area contributed by atoms with Gasteiger partial charge in [0.25, 0.3) is 5.91 Å². The molecule has 4 rings (SSSR count). The van der Waals surface area contributed by atoms with E-state index in [-0.39, 0.29) is 11.5 Å². The lowest BCUT2D eigenvalue weighted by atomic mass is 9.88. The molecule has 1 unspecified atom stereocenters. The average Bonchev–Trinajstić information content (AvgIpc) is 3.17. The molecule has 0 radical (unpaired) electrons. The molecule has 26 heavy (non-hydrogen) atoms. The first-order chi connectivity index (χ1) is 12.6. The second kappa shape index (κ2) is 7.44. The summed E-state index contributed by atoms with van der Waals surface area (Å²) in [5.41, 5.74) is 2.13. The minimum atomic E-state index is -0.0699. The van der Waals surface area contributed by atoms with Crippen LogP contribution < -0.4 is 0 Å². The molecule has 1 aromatic rings. The third kappa shape index (κ3) is 3.49. The number of carbonyl (C=O) groups is 1. The predicted octanol–water partition coefficient (Wildman–Crippen LogP) is 1.91. The van der Waals surface area contributed by atoms with Gasteiger partial charge >= 0.3 is 0 Å². The fourth-order valence-electron chi connectivity index (χ4n) is 4.48. The molecule has 1 spiro atoms. The van der Waals surface area contributed by atoms with Gasteiger partial charge in [-0.25, -0.2) is 9.97 Å². The Balaban J connectivity index is 1.41. The molecular formula is C19H28N4O2S. The molecule has 1 amide bonds. The maximum absolute atomic E-state index is 13.0. The van der Waals surface area contributed by atoms with Crippen LogP contribution in [0.4, 0.5) is 0 Å². The Bertz CT molecular complexity index is 649. The minimum absolute atomic E-state index is 0.0651. The van der Waals surface area contributed by atoms with E-state index in [9.17, 15) is 4.79 Å². The van der Waals surface area contributed by atoms with Crippen LogP contribution in [0.25, 0.3) is 0 Å². The van der Waals surface area contributed by atoms with E-state index in [1.807, 2.05) is 18.7 Å². The number of carbonyl (C=O) groups excluding carboxylic acids is 1. The second-order valence-corrected chi connectivity index (χ2v) is 8.88. The van der Waals surface area contributed by atoms with Crippen LogP contribution in [0.15, 0.2) is 6.33 Å². The van der Waals surface area contributed by atoms with Crippen molar-refractivity contribution in [2.45, 2.75) is 44.8 Å². The predicted molar refractivity (Wildman–Crippen MR) is 103 cm³/mol. The summed E-state index contributed by atoms with van der Waals surface area (Å²) >= 11 is 2.07. The highest BCUT2D eigenvalue weighted by Gasteiger charge is 2.42. The van der Waals surface area contributed by atoms with Crippen molar-refractivity contribution in [3.05, 3.63) is 23.3 Å². The molecular weight excluding hydrogens is 348 g/mol. The van der Waals surface area contributed by atoms with Gasteiger partial charge in [0.2, 0.25) is 0 Å². The summed E-state index contributed by atoms with van der Waals surface area (Å²) in [5, 5.41) is 0. The number of piperidine rings is 1. The van der Waals surface area contributed by atoms with Crippen molar-refractivity contribution in [3.63, 3.8) is 0 Å². The largest absolute Gasteiger partial charge is 0.372 e. The Labute approximate surface area is 159 Å². The standard InChI is InChI=1S/C19H28N4O2S/c1-14-17(15(2)21-13-20-14)18(24)22-6-4-19(5-7-22)12-23(8-9-25-19)16-3-10-26-11-16/h13,16H,3-12H2,1-2H3. The van der Waals surface area contributed by atoms with E-state index in [1.54, 1.807) is 0 Å². The maximum atomic E-state index is 13.0. The maximum Gasteiger partial charge on any atom is 0.257 e. The summed E-state index contributed by atoms with van der Waals surface area (Å²) in [6.07, 6.45) is 4.66.